The van der Waals surface area contributed by atoms with Crippen LogP contribution in [0.5, 0.6) is 0 Å². The fourth-order valence-corrected chi connectivity index (χ4v) is 2.60. The number of carbonyl (C=O) groups excluding carboxylic acids is 4. The van der Waals surface area contributed by atoms with E-state index in [0.29, 0.717) is 0 Å². The summed E-state index contributed by atoms with van der Waals surface area (Å²) in [5.41, 5.74) is 0.167. The number of aryl methyl sites for hydroxylation is 2. The molecule has 0 unspecified atom stereocenters. The van der Waals surface area contributed by atoms with Crippen LogP contribution in [0.15, 0.2) is 12.7 Å². The topological polar surface area (TPSA) is 152 Å². The number of hydrogen-bond donors (Lipinski definition) is 4. The second-order valence-electron chi connectivity index (χ2n) is 5.59. The molecule has 0 spiro atoms. The number of hydrogen-bond acceptors (Lipinski definition) is 6. The molecule has 12 nitrogen and oxygen atoms in total. The molecule has 12 heteroatoms. The van der Waals surface area contributed by atoms with Gasteiger partial charge in [-0.3, -0.25) is 19.2 Å². The normalized spacial score (nSPS) is 10.3. The van der Waals surface area contributed by atoms with Crippen molar-refractivity contribution in [3.63, 3.8) is 0 Å². The van der Waals surface area contributed by atoms with Crippen LogP contribution >= 0.6 is 0 Å². The maximum atomic E-state index is 12.2. The molecule has 28 heavy (non-hydrogen) atoms. The van der Waals surface area contributed by atoms with Crippen LogP contribution in [0.2, 0.25) is 0 Å². The Balaban J connectivity index is 2.37. The van der Waals surface area contributed by atoms with Crippen molar-refractivity contribution in [2.45, 2.75) is 13.1 Å². The summed E-state index contributed by atoms with van der Waals surface area (Å²) in [6, 6.07) is 0. The Bertz CT molecular complexity index is 840. The highest BCUT2D eigenvalue weighted by molar-refractivity contribution is 6.05. The molecule has 0 bridgehead atoms. The molecule has 0 aliphatic rings. The van der Waals surface area contributed by atoms with Gasteiger partial charge < -0.3 is 30.4 Å². The maximum Gasteiger partial charge on any atom is 0.272 e. The minimum Gasteiger partial charge on any atom is -0.354 e. The maximum absolute atomic E-state index is 12.2. The first kappa shape index (κ1) is 20.6. The van der Waals surface area contributed by atoms with E-state index in [1.54, 1.807) is 0 Å². The molecule has 4 amide bonds. The zero-order chi connectivity index (χ0) is 20.8. The lowest BCUT2D eigenvalue weighted by Crippen LogP contribution is -2.29. The summed E-state index contributed by atoms with van der Waals surface area (Å²) < 4.78 is 2.99. The zero-order valence-electron chi connectivity index (χ0n) is 16.0. The van der Waals surface area contributed by atoms with Gasteiger partial charge in [-0.15, -0.1) is 0 Å². The lowest BCUT2D eigenvalue weighted by atomic mass is 10.2. The fraction of sp³-hybridized carbons (Fsp3) is 0.375. The van der Waals surface area contributed by atoms with Gasteiger partial charge in [0.15, 0.2) is 11.4 Å². The van der Waals surface area contributed by atoms with E-state index in [1.165, 1.54) is 50.0 Å². The Morgan fingerprint density at radius 1 is 0.679 bits per heavy atom. The van der Waals surface area contributed by atoms with Crippen LogP contribution in [-0.2, 0) is 13.1 Å². The Morgan fingerprint density at radius 2 is 1.00 bits per heavy atom. The lowest BCUT2D eigenvalue weighted by molar-refractivity contribution is 0.0918. The molecule has 2 aromatic rings. The summed E-state index contributed by atoms with van der Waals surface area (Å²) in [6.07, 6.45) is 2.73. The number of carbonyl (C=O) groups is 4. The van der Waals surface area contributed by atoms with E-state index in [-0.39, 0.29) is 35.9 Å². The van der Waals surface area contributed by atoms with Crippen LogP contribution in [0.25, 0.3) is 0 Å². The molecule has 0 aliphatic carbocycles. The van der Waals surface area contributed by atoms with Gasteiger partial charge in [-0.1, -0.05) is 0 Å². The molecular weight excluding hydrogens is 368 g/mol. The SMILES string of the molecule is CNC(=O)c1ncn(CCn2cnc(C(=O)NC)c2C(=O)NC)c1C(=O)NC. The van der Waals surface area contributed by atoms with E-state index in [0.717, 1.165) is 0 Å². The Morgan fingerprint density at radius 3 is 1.29 bits per heavy atom. The van der Waals surface area contributed by atoms with Crippen LogP contribution in [0.1, 0.15) is 42.0 Å². The van der Waals surface area contributed by atoms with Crippen molar-refractivity contribution in [2.75, 3.05) is 28.2 Å². The van der Waals surface area contributed by atoms with Crippen molar-refractivity contribution < 1.29 is 19.2 Å². The van der Waals surface area contributed by atoms with Crippen molar-refractivity contribution >= 4 is 23.6 Å². The van der Waals surface area contributed by atoms with E-state index in [4.69, 9.17) is 0 Å². The van der Waals surface area contributed by atoms with Gasteiger partial charge in [0.05, 0.1) is 12.7 Å². The average Bonchev–Trinajstić information content (AvgIpc) is 3.33. The van der Waals surface area contributed by atoms with Crippen LogP contribution in [-0.4, -0.2) is 70.9 Å². The smallest absolute Gasteiger partial charge is 0.272 e. The van der Waals surface area contributed by atoms with E-state index in [9.17, 15) is 19.2 Å². The Hall–Kier alpha value is -3.70. The van der Waals surface area contributed by atoms with Crippen molar-refractivity contribution in [2.24, 2.45) is 0 Å². The minimum atomic E-state index is -0.493. The molecule has 0 atom stereocenters. The highest BCUT2D eigenvalue weighted by Crippen LogP contribution is 2.12. The summed E-state index contributed by atoms with van der Waals surface area (Å²) >= 11 is 0. The number of rotatable bonds is 7. The molecule has 150 valence electrons. The fourth-order valence-electron chi connectivity index (χ4n) is 2.60. The summed E-state index contributed by atoms with van der Waals surface area (Å²) in [5, 5.41) is 9.82. The number of imidazole rings is 2. The number of nitrogens with zero attached hydrogens (tertiary/aromatic N) is 4. The summed E-state index contributed by atoms with van der Waals surface area (Å²) in [5.74, 6) is -1.93. The minimum absolute atomic E-state index is 0.00921. The average molecular weight is 390 g/mol. The molecule has 4 N–H and O–H groups in total. The van der Waals surface area contributed by atoms with E-state index >= 15 is 0 Å². The molecular formula is C16H22N8O4. The Kier molecular flexibility index (Phi) is 6.47. The lowest BCUT2D eigenvalue weighted by Gasteiger charge is -2.11. The van der Waals surface area contributed by atoms with Crippen LogP contribution in [0.4, 0.5) is 0 Å². The second kappa shape index (κ2) is 8.79. The summed E-state index contributed by atoms with van der Waals surface area (Å²) in [4.78, 5) is 56.4. The molecule has 0 aliphatic heterocycles. The molecule has 0 saturated heterocycles. The quantitative estimate of drug-likeness (QED) is 0.439. The van der Waals surface area contributed by atoms with Gasteiger partial charge in [0.1, 0.15) is 11.4 Å². The van der Waals surface area contributed by atoms with Crippen molar-refractivity contribution in [3.8, 4) is 0 Å². The van der Waals surface area contributed by atoms with Crippen LogP contribution < -0.4 is 21.3 Å². The molecule has 0 radical (unpaired) electrons. The van der Waals surface area contributed by atoms with Gasteiger partial charge in [0.2, 0.25) is 0 Å². The summed E-state index contributed by atoms with van der Waals surface area (Å²) in [7, 11) is 5.78. The first-order valence-electron chi connectivity index (χ1n) is 8.38. The third-order valence-corrected chi connectivity index (χ3v) is 4.03. The highest BCUT2D eigenvalue weighted by Gasteiger charge is 2.24. The molecule has 0 saturated carbocycles. The molecule has 2 heterocycles. The van der Waals surface area contributed by atoms with Crippen LogP contribution in [0.3, 0.4) is 0 Å². The highest BCUT2D eigenvalue weighted by atomic mass is 16.2. The number of nitrogens with one attached hydrogen (secondary N) is 4. The number of amides is 4. The number of aromatic nitrogens is 4. The van der Waals surface area contributed by atoms with Gasteiger partial charge in [0, 0.05) is 41.3 Å². The summed E-state index contributed by atoms with van der Waals surface area (Å²) in [6.45, 7) is 0.417. The molecule has 0 fully saturated rings. The monoisotopic (exact) mass is 390 g/mol. The first-order valence-corrected chi connectivity index (χ1v) is 8.38. The third kappa shape index (κ3) is 3.84. The van der Waals surface area contributed by atoms with Crippen molar-refractivity contribution in [3.05, 3.63) is 35.4 Å². The third-order valence-electron chi connectivity index (χ3n) is 4.03. The molecule has 2 rings (SSSR count). The predicted octanol–water partition coefficient (Wildman–Crippen LogP) is -1.78. The second-order valence-corrected chi connectivity index (χ2v) is 5.59. The van der Waals surface area contributed by atoms with Crippen molar-refractivity contribution in [1.82, 2.24) is 40.4 Å². The van der Waals surface area contributed by atoms with Gasteiger partial charge >= 0.3 is 0 Å². The molecule has 0 aromatic carbocycles. The standard InChI is InChI=1S/C16H22N8O4/c1-17-13(25)9-11(15(27)19-3)23(7-21-9)5-6-24-8-22-10(14(26)18-2)12(24)16(28)20-4/h7-8H,5-6H2,1-4H3,(H,17,25)(H,18,26)(H,19,27)(H,20,28). The van der Waals surface area contributed by atoms with Gasteiger partial charge in [-0.2, -0.15) is 0 Å². The van der Waals surface area contributed by atoms with Gasteiger partial charge in [-0.05, 0) is 0 Å². The van der Waals surface area contributed by atoms with E-state index in [2.05, 4.69) is 31.2 Å². The van der Waals surface area contributed by atoms with Crippen molar-refractivity contribution in [1.29, 1.82) is 0 Å². The van der Waals surface area contributed by atoms with E-state index < -0.39 is 23.6 Å². The zero-order valence-corrected chi connectivity index (χ0v) is 16.0. The molecule has 2 aromatic heterocycles. The largest absolute Gasteiger partial charge is 0.354 e. The van der Waals surface area contributed by atoms with Crippen LogP contribution in [0, 0.1) is 0 Å². The van der Waals surface area contributed by atoms with Gasteiger partial charge in [0.25, 0.3) is 23.6 Å². The predicted molar refractivity (Wildman–Crippen MR) is 98.0 cm³/mol. The first-order chi connectivity index (χ1) is 13.4. The van der Waals surface area contributed by atoms with E-state index in [1.807, 2.05) is 0 Å². The van der Waals surface area contributed by atoms with Gasteiger partial charge in [-0.25, -0.2) is 9.97 Å². The Labute approximate surface area is 160 Å².